The van der Waals surface area contributed by atoms with E-state index in [0.717, 1.165) is 5.56 Å². The highest BCUT2D eigenvalue weighted by Crippen LogP contribution is 2.24. The molecule has 2 atom stereocenters. The number of nitrogens with zero attached hydrogens (tertiary/aromatic N) is 1. The molecule has 2 N–H and O–H groups in total. The quantitative estimate of drug-likeness (QED) is 0.913. The predicted molar refractivity (Wildman–Crippen MR) is 65.5 cm³/mol. The molecule has 0 aromatic heterocycles. The Morgan fingerprint density at radius 3 is 2.63 bits per heavy atom. The average Bonchev–Trinajstić information content (AvgIpc) is 2.38. The van der Waals surface area contributed by atoms with Gasteiger partial charge in [0.15, 0.2) is 0 Å². The first-order valence-electron chi connectivity index (χ1n) is 6.17. The number of benzene rings is 1. The molecule has 1 fully saturated rings. The van der Waals surface area contributed by atoms with Gasteiger partial charge in [0.1, 0.15) is 6.04 Å². The molecule has 0 aliphatic carbocycles. The summed E-state index contributed by atoms with van der Waals surface area (Å²) in [7, 11) is 0. The molecule has 0 bridgehead atoms. The number of alkyl halides is 3. The van der Waals surface area contributed by atoms with E-state index in [1.165, 1.54) is 0 Å². The van der Waals surface area contributed by atoms with Crippen molar-refractivity contribution in [3.8, 4) is 0 Å². The molecule has 1 saturated heterocycles. The highest BCUT2D eigenvalue weighted by atomic mass is 19.4. The number of morpholine rings is 1. The van der Waals surface area contributed by atoms with E-state index in [0.29, 0.717) is 13.1 Å². The van der Waals surface area contributed by atoms with Crippen molar-refractivity contribution in [2.24, 2.45) is 5.73 Å². The summed E-state index contributed by atoms with van der Waals surface area (Å²) in [6.45, 7) is 1.72. The third-order valence-electron chi connectivity index (χ3n) is 3.21. The third kappa shape index (κ3) is 3.92. The van der Waals surface area contributed by atoms with Gasteiger partial charge in [-0.2, -0.15) is 13.2 Å². The fraction of sp³-hybridized carbons (Fsp3) is 0.538. The molecule has 1 aromatic rings. The zero-order valence-electron chi connectivity index (χ0n) is 10.4. The summed E-state index contributed by atoms with van der Waals surface area (Å²) in [5.41, 5.74) is 6.28. The van der Waals surface area contributed by atoms with Crippen LogP contribution in [0.15, 0.2) is 30.3 Å². The molecule has 1 aliphatic rings. The van der Waals surface area contributed by atoms with Gasteiger partial charge in [0.05, 0.1) is 12.7 Å². The summed E-state index contributed by atoms with van der Waals surface area (Å²) in [4.78, 5) is 1.94. The normalized spacial score (nSPS) is 23.3. The van der Waals surface area contributed by atoms with Crippen LogP contribution in [0.3, 0.4) is 0 Å². The van der Waals surface area contributed by atoms with Crippen molar-refractivity contribution in [1.29, 1.82) is 0 Å². The fourth-order valence-corrected chi connectivity index (χ4v) is 2.14. The van der Waals surface area contributed by atoms with Crippen molar-refractivity contribution >= 4 is 0 Å². The molecular formula is C13H17F3N2O. The van der Waals surface area contributed by atoms with Gasteiger partial charge in [-0.25, -0.2) is 0 Å². The van der Waals surface area contributed by atoms with Crippen LogP contribution in [0.4, 0.5) is 13.2 Å². The van der Waals surface area contributed by atoms with E-state index in [-0.39, 0.29) is 13.2 Å². The Morgan fingerprint density at radius 2 is 2.00 bits per heavy atom. The minimum absolute atomic E-state index is 0.204. The number of rotatable bonds is 3. The zero-order chi connectivity index (χ0) is 13.9. The molecule has 0 amide bonds. The van der Waals surface area contributed by atoms with Crippen LogP contribution in [0.1, 0.15) is 5.56 Å². The van der Waals surface area contributed by atoms with Gasteiger partial charge in [-0.15, -0.1) is 0 Å². The number of hydrogen-bond acceptors (Lipinski definition) is 3. The van der Waals surface area contributed by atoms with Crippen LogP contribution in [-0.4, -0.2) is 42.9 Å². The molecule has 1 aromatic carbocycles. The number of ether oxygens (including phenoxy) is 1. The lowest BCUT2D eigenvalue weighted by Gasteiger charge is -2.36. The summed E-state index contributed by atoms with van der Waals surface area (Å²) in [5.74, 6) is 0. The Bertz CT molecular complexity index is 397. The van der Waals surface area contributed by atoms with Gasteiger partial charge in [-0.05, 0) is 5.56 Å². The van der Waals surface area contributed by atoms with Gasteiger partial charge in [0.2, 0.25) is 0 Å². The highest BCUT2D eigenvalue weighted by molar-refractivity contribution is 5.14. The van der Waals surface area contributed by atoms with E-state index in [1.807, 2.05) is 35.2 Å². The molecule has 6 heteroatoms. The lowest BCUT2D eigenvalue weighted by atomic mass is 10.1. The predicted octanol–water partition coefficient (Wildman–Crippen LogP) is 1.78. The Kier molecular flexibility index (Phi) is 4.44. The molecule has 1 heterocycles. The van der Waals surface area contributed by atoms with E-state index in [2.05, 4.69) is 0 Å². The standard InChI is InChI=1S/C13H17F3N2O/c14-13(15,16)12(17)11-9-18(6-7-19-11)8-10-4-2-1-3-5-10/h1-5,11-12H,6-9,17H2. The second kappa shape index (κ2) is 5.90. The summed E-state index contributed by atoms with van der Waals surface area (Å²) in [6.07, 6.45) is -5.40. The molecule has 0 spiro atoms. The van der Waals surface area contributed by atoms with E-state index < -0.39 is 18.3 Å². The van der Waals surface area contributed by atoms with Crippen molar-refractivity contribution in [3.63, 3.8) is 0 Å². The van der Waals surface area contributed by atoms with Gasteiger partial charge in [0.25, 0.3) is 0 Å². The van der Waals surface area contributed by atoms with Crippen molar-refractivity contribution < 1.29 is 17.9 Å². The molecular weight excluding hydrogens is 257 g/mol. The van der Waals surface area contributed by atoms with Gasteiger partial charge in [0, 0.05) is 19.6 Å². The number of hydrogen-bond donors (Lipinski definition) is 1. The molecule has 0 saturated carbocycles. The summed E-state index contributed by atoms with van der Waals surface area (Å²) in [5, 5.41) is 0. The summed E-state index contributed by atoms with van der Waals surface area (Å²) >= 11 is 0. The minimum atomic E-state index is -4.42. The number of nitrogens with two attached hydrogens (primary N) is 1. The van der Waals surface area contributed by atoms with E-state index >= 15 is 0 Å². The van der Waals surface area contributed by atoms with Gasteiger partial charge in [-0.1, -0.05) is 30.3 Å². The van der Waals surface area contributed by atoms with E-state index in [9.17, 15) is 13.2 Å². The smallest absolute Gasteiger partial charge is 0.374 e. The Labute approximate surface area is 110 Å². The maximum absolute atomic E-state index is 12.6. The largest absolute Gasteiger partial charge is 0.406 e. The topological polar surface area (TPSA) is 38.5 Å². The van der Waals surface area contributed by atoms with Crippen LogP contribution < -0.4 is 5.73 Å². The highest BCUT2D eigenvalue weighted by Gasteiger charge is 2.44. The van der Waals surface area contributed by atoms with Crippen LogP contribution >= 0.6 is 0 Å². The van der Waals surface area contributed by atoms with Crippen LogP contribution in [0.2, 0.25) is 0 Å². The van der Waals surface area contributed by atoms with Gasteiger partial charge >= 0.3 is 6.18 Å². The maximum Gasteiger partial charge on any atom is 0.406 e. The minimum Gasteiger partial charge on any atom is -0.374 e. The monoisotopic (exact) mass is 274 g/mol. The van der Waals surface area contributed by atoms with Crippen LogP contribution in [0.25, 0.3) is 0 Å². The maximum atomic E-state index is 12.6. The van der Waals surface area contributed by atoms with Crippen molar-refractivity contribution in [3.05, 3.63) is 35.9 Å². The second-order valence-electron chi connectivity index (χ2n) is 4.70. The molecule has 0 radical (unpaired) electrons. The van der Waals surface area contributed by atoms with Crippen molar-refractivity contribution in [2.75, 3.05) is 19.7 Å². The van der Waals surface area contributed by atoms with Crippen molar-refractivity contribution in [2.45, 2.75) is 24.9 Å². The third-order valence-corrected chi connectivity index (χ3v) is 3.21. The Morgan fingerprint density at radius 1 is 1.32 bits per heavy atom. The van der Waals surface area contributed by atoms with Crippen LogP contribution in [0, 0.1) is 0 Å². The molecule has 19 heavy (non-hydrogen) atoms. The van der Waals surface area contributed by atoms with Gasteiger partial charge < -0.3 is 10.5 Å². The van der Waals surface area contributed by atoms with E-state index in [1.54, 1.807) is 0 Å². The summed E-state index contributed by atoms with van der Waals surface area (Å²) in [6, 6.07) is 7.71. The fourth-order valence-electron chi connectivity index (χ4n) is 2.14. The lowest BCUT2D eigenvalue weighted by molar-refractivity contribution is -0.186. The first-order chi connectivity index (χ1) is 8.97. The Balaban J connectivity index is 1.94. The van der Waals surface area contributed by atoms with E-state index in [4.69, 9.17) is 10.5 Å². The van der Waals surface area contributed by atoms with Crippen LogP contribution in [-0.2, 0) is 11.3 Å². The first kappa shape index (κ1) is 14.3. The average molecular weight is 274 g/mol. The molecule has 2 rings (SSSR count). The second-order valence-corrected chi connectivity index (χ2v) is 4.70. The first-order valence-corrected chi connectivity index (χ1v) is 6.17. The van der Waals surface area contributed by atoms with Crippen molar-refractivity contribution in [1.82, 2.24) is 4.90 Å². The summed E-state index contributed by atoms with van der Waals surface area (Å²) < 4.78 is 42.8. The molecule has 1 aliphatic heterocycles. The van der Waals surface area contributed by atoms with Crippen LogP contribution in [0.5, 0.6) is 0 Å². The lowest BCUT2D eigenvalue weighted by Crippen LogP contribution is -2.55. The molecule has 2 unspecified atom stereocenters. The number of halogens is 3. The SMILES string of the molecule is NC(C1CN(Cc2ccccc2)CCO1)C(F)(F)F. The van der Waals surface area contributed by atoms with Gasteiger partial charge in [-0.3, -0.25) is 4.90 Å². The molecule has 106 valence electrons. The zero-order valence-corrected chi connectivity index (χ0v) is 10.4. The Hall–Kier alpha value is -1.11. The molecule has 3 nitrogen and oxygen atoms in total.